The van der Waals surface area contributed by atoms with Crippen molar-refractivity contribution >= 4 is 27.3 Å². The van der Waals surface area contributed by atoms with Crippen LogP contribution in [-0.2, 0) is 6.61 Å². The Hall–Kier alpha value is -4.25. The van der Waals surface area contributed by atoms with Crippen LogP contribution >= 0.6 is 0 Å². The second-order valence-electron chi connectivity index (χ2n) is 7.43. The summed E-state index contributed by atoms with van der Waals surface area (Å²) in [6, 6.07) is 30.5. The second kappa shape index (κ2) is 7.22. The van der Waals surface area contributed by atoms with Gasteiger partial charge in [0, 0.05) is 16.3 Å². The maximum atomic E-state index is 6.16. The highest BCUT2D eigenvalue weighted by Crippen LogP contribution is 2.27. The Balaban J connectivity index is 1.32. The average Bonchev–Trinajstić information content (AvgIpc) is 3.28. The molecule has 148 valence electrons. The van der Waals surface area contributed by atoms with E-state index < -0.39 is 0 Å². The Morgan fingerprint density at radius 2 is 1.58 bits per heavy atom. The van der Waals surface area contributed by atoms with Crippen LogP contribution in [-0.4, -0.2) is 19.6 Å². The molecule has 6 rings (SSSR count). The zero-order chi connectivity index (χ0) is 20.6. The van der Waals surface area contributed by atoms with Gasteiger partial charge in [0.2, 0.25) is 0 Å². The molecule has 0 atom stereocenters. The monoisotopic (exact) mass is 402 g/mol. The molecule has 0 saturated heterocycles. The van der Waals surface area contributed by atoms with E-state index in [-0.39, 0.29) is 0 Å². The summed E-state index contributed by atoms with van der Waals surface area (Å²) in [5, 5.41) is 7.90. The number of hydrogen-bond acceptors (Lipinski definition) is 4. The van der Waals surface area contributed by atoms with E-state index in [0.717, 1.165) is 38.8 Å². The van der Waals surface area contributed by atoms with Gasteiger partial charge in [0.15, 0.2) is 11.5 Å². The third-order valence-corrected chi connectivity index (χ3v) is 5.41. The summed E-state index contributed by atoms with van der Waals surface area (Å²) in [4.78, 5) is 9.24. The zero-order valence-corrected chi connectivity index (χ0v) is 16.6. The standard InChI is InChI=1S/C26H18N4O/c1-2-11-21-19(8-1)9-6-14-24(21)31-16-18-7-5-10-20(15-18)25-28-26-22-12-3-4-13-23(22)27-17-30(26)29-25/h1-15,17H,16H2. The normalized spacial score (nSPS) is 11.4. The maximum absolute atomic E-state index is 6.16. The first-order chi connectivity index (χ1) is 15.3. The molecule has 31 heavy (non-hydrogen) atoms. The number of para-hydroxylation sites is 1. The van der Waals surface area contributed by atoms with E-state index in [1.54, 1.807) is 10.8 Å². The Morgan fingerprint density at radius 1 is 0.774 bits per heavy atom. The molecule has 2 heterocycles. The number of fused-ring (bicyclic) bond motifs is 4. The minimum atomic E-state index is 0.472. The van der Waals surface area contributed by atoms with Crippen LogP contribution in [0.1, 0.15) is 5.56 Å². The van der Waals surface area contributed by atoms with Crippen molar-refractivity contribution in [1.29, 1.82) is 0 Å². The highest BCUT2D eigenvalue weighted by Gasteiger charge is 2.11. The number of benzene rings is 4. The molecule has 0 N–H and O–H groups in total. The van der Waals surface area contributed by atoms with Gasteiger partial charge >= 0.3 is 0 Å². The first-order valence-electron chi connectivity index (χ1n) is 10.2. The van der Waals surface area contributed by atoms with Gasteiger partial charge in [-0.3, -0.25) is 0 Å². The quantitative estimate of drug-likeness (QED) is 0.381. The van der Waals surface area contributed by atoms with Gasteiger partial charge in [-0.05, 0) is 35.2 Å². The Morgan fingerprint density at radius 3 is 2.55 bits per heavy atom. The molecule has 2 aromatic heterocycles. The Bertz CT molecular complexity index is 1550. The van der Waals surface area contributed by atoms with Crippen molar-refractivity contribution in [1.82, 2.24) is 19.6 Å². The van der Waals surface area contributed by atoms with Gasteiger partial charge in [0.25, 0.3) is 0 Å². The fourth-order valence-corrected chi connectivity index (χ4v) is 3.88. The number of ether oxygens (including phenoxy) is 1. The summed E-state index contributed by atoms with van der Waals surface area (Å²) in [7, 11) is 0. The summed E-state index contributed by atoms with van der Waals surface area (Å²) >= 11 is 0. The first-order valence-corrected chi connectivity index (χ1v) is 10.2. The molecule has 0 aliphatic carbocycles. The van der Waals surface area contributed by atoms with Crippen LogP contribution in [0.15, 0.2) is 97.3 Å². The van der Waals surface area contributed by atoms with Gasteiger partial charge in [-0.2, -0.15) is 0 Å². The fraction of sp³-hybridized carbons (Fsp3) is 0.0385. The molecule has 4 aromatic carbocycles. The molecule has 0 amide bonds. The van der Waals surface area contributed by atoms with E-state index >= 15 is 0 Å². The number of rotatable bonds is 4. The lowest BCUT2D eigenvalue weighted by atomic mass is 10.1. The van der Waals surface area contributed by atoms with E-state index in [0.29, 0.717) is 12.4 Å². The number of aromatic nitrogens is 4. The van der Waals surface area contributed by atoms with Gasteiger partial charge in [-0.15, -0.1) is 5.10 Å². The summed E-state index contributed by atoms with van der Waals surface area (Å²) in [5.74, 6) is 1.55. The molecule has 0 spiro atoms. The molecule has 0 aliphatic rings. The van der Waals surface area contributed by atoms with Crippen molar-refractivity contribution in [2.75, 3.05) is 0 Å². The van der Waals surface area contributed by atoms with Gasteiger partial charge < -0.3 is 4.74 Å². The van der Waals surface area contributed by atoms with Crippen LogP contribution < -0.4 is 4.74 Å². The topological polar surface area (TPSA) is 52.3 Å². The van der Waals surface area contributed by atoms with E-state index in [1.165, 1.54) is 5.39 Å². The van der Waals surface area contributed by atoms with Crippen LogP contribution in [0.25, 0.3) is 38.7 Å². The molecule has 0 bridgehead atoms. The van der Waals surface area contributed by atoms with Crippen LogP contribution in [0.3, 0.4) is 0 Å². The lowest BCUT2D eigenvalue weighted by molar-refractivity contribution is 0.310. The van der Waals surface area contributed by atoms with Crippen molar-refractivity contribution in [3.8, 4) is 17.1 Å². The molecule has 0 unspecified atom stereocenters. The van der Waals surface area contributed by atoms with E-state index in [4.69, 9.17) is 9.72 Å². The smallest absolute Gasteiger partial charge is 0.182 e. The van der Waals surface area contributed by atoms with Crippen molar-refractivity contribution in [2.24, 2.45) is 0 Å². The van der Waals surface area contributed by atoms with Gasteiger partial charge in [-0.25, -0.2) is 14.5 Å². The predicted octanol–water partition coefficient (Wildman–Crippen LogP) is 5.68. The molecule has 5 heteroatoms. The lowest BCUT2D eigenvalue weighted by Crippen LogP contribution is -1.96. The Kier molecular flexibility index (Phi) is 4.10. The fourth-order valence-electron chi connectivity index (χ4n) is 3.88. The first kappa shape index (κ1) is 17.6. The van der Waals surface area contributed by atoms with E-state index in [1.807, 2.05) is 60.7 Å². The SMILES string of the molecule is c1cc(COc2cccc3ccccc23)cc(-c2nc3c4ccccc4ncn3n2)c1. The molecule has 0 aliphatic heterocycles. The predicted molar refractivity (Wildman–Crippen MR) is 122 cm³/mol. The van der Waals surface area contributed by atoms with E-state index in [2.05, 4.69) is 40.4 Å². The molecular weight excluding hydrogens is 384 g/mol. The second-order valence-corrected chi connectivity index (χ2v) is 7.43. The lowest BCUT2D eigenvalue weighted by Gasteiger charge is -2.10. The third-order valence-electron chi connectivity index (χ3n) is 5.41. The highest BCUT2D eigenvalue weighted by atomic mass is 16.5. The van der Waals surface area contributed by atoms with Crippen LogP contribution in [0.4, 0.5) is 0 Å². The molecule has 5 nitrogen and oxygen atoms in total. The molecule has 0 saturated carbocycles. The molecule has 6 aromatic rings. The zero-order valence-electron chi connectivity index (χ0n) is 16.6. The minimum Gasteiger partial charge on any atom is -0.488 e. The minimum absolute atomic E-state index is 0.472. The van der Waals surface area contributed by atoms with Crippen molar-refractivity contribution in [2.45, 2.75) is 6.61 Å². The summed E-state index contributed by atoms with van der Waals surface area (Å²) in [6.07, 6.45) is 1.71. The maximum Gasteiger partial charge on any atom is 0.182 e. The van der Waals surface area contributed by atoms with Crippen molar-refractivity contribution in [3.05, 3.63) is 103 Å². The summed E-state index contributed by atoms with van der Waals surface area (Å²) < 4.78 is 7.89. The molecular formula is C26H18N4O. The molecule has 0 radical (unpaired) electrons. The van der Waals surface area contributed by atoms with Crippen LogP contribution in [0, 0.1) is 0 Å². The number of hydrogen-bond donors (Lipinski definition) is 0. The van der Waals surface area contributed by atoms with Gasteiger partial charge in [0.1, 0.15) is 18.7 Å². The average molecular weight is 402 g/mol. The largest absolute Gasteiger partial charge is 0.488 e. The van der Waals surface area contributed by atoms with Crippen LogP contribution in [0.2, 0.25) is 0 Å². The summed E-state index contributed by atoms with van der Waals surface area (Å²) in [6.45, 7) is 0.472. The third kappa shape index (κ3) is 3.16. The highest BCUT2D eigenvalue weighted by molar-refractivity contribution is 5.91. The Labute approximate surface area is 178 Å². The van der Waals surface area contributed by atoms with E-state index in [9.17, 15) is 0 Å². The van der Waals surface area contributed by atoms with Crippen molar-refractivity contribution in [3.63, 3.8) is 0 Å². The number of nitrogens with zero attached hydrogens (tertiary/aromatic N) is 4. The summed E-state index contributed by atoms with van der Waals surface area (Å²) in [5.41, 5.74) is 3.73. The van der Waals surface area contributed by atoms with Crippen molar-refractivity contribution < 1.29 is 4.74 Å². The molecule has 0 fully saturated rings. The van der Waals surface area contributed by atoms with Crippen LogP contribution in [0.5, 0.6) is 5.75 Å². The van der Waals surface area contributed by atoms with Gasteiger partial charge in [-0.1, -0.05) is 66.7 Å². The van der Waals surface area contributed by atoms with Gasteiger partial charge in [0.05, 0.1) is 5.52 Å².